The van der Waals surface area contributed by atoms with Crippen LogP contribution >= 0.6 is 0 Å². The summed E-state index contributed by atoms with van der Waals surface area (Å²) in [5.41, 5.74) is 25.4. The number of hydrogen-bond donors (Lipinski definition) is 9. The van der Waals surface area contributed by atoms with Crippen molar-refractivity contribution < 1.29 is 33.4 Å². The zero-order valence-electron chi connectivity index (χ0n) is 34.0. The smallest absolute Gasteiger partial charge is 0.258 e. The van der Waals surface area contributed by atoms with E-state index in [1.807, 2.05) is 31.2 Å². The Balaban J connectivity index is 1.79. The van der Waals surface area contributed by atoms with Crippen LogP contribution < -0.4 is 63.7 Å². The summed E-state index contributed by atoms with van der Waals surface area (Å²) in [6.07, 6.45) is 1.08. The highest BCUT2D eigenvalue weighted by atomic mass is 16.5. The summed E-state index contributed by atoms with van der Waals surface area (Å²) in [5.74, 6) is -0.719. The van der Waals surface area contributed by atoms with E-state index in [2.05, 4.69) is 31.6 Å². The van der Waals surface area contributed by atoms with Crippen molar-refractivity contribution in [3.05, 3.63) is 89.0 Å². The molecule has 3 rings (SSSR count). The third-order valence-electron chi connectivity index (χ3n) is 9.20. The molecule has 0 radical (unpaired) electrons. The zero-order valence-corrected chi connectivity index (χ0v) is 34.0. The highest BCUT2D eigenvalue weighted by Crippen LogP contribution is 2.34. The van der Waals surface area contributed by atoms with Gasteiger partial charge >= 0.3 is 0 Å². The van der Waals surface area contributed by atoms with Crippen LogP contribution in [-0.2, 0) is 25.7 Å². The van der Waals surface area contributed by atoms with Crippen LogP contribution in [0.1, 0.15) is 67.8 Å². The lowest BCUT2D eigenvalue weighted by Crippen LogP contribution is -2.53. The number of methoxy groups -OCH3 is 2. The van der Waals surface area contributed by atoms with Gasteiger partial charge in [-0.15, -0.1) is 0 Å². The van der Waals surface area contributed by atoms with Gasteiger partial charge in [0, 0.05) is 30.6 Å². The molecule has 17 heteroatoms. The Morgan fingerprint density at radius 1 is 0.776 bits per heavy atom. The van der Waals surface area contributed by atoms with E-state index < -0.39 is 36.2 Å². The van der Waals surface area contributed by atoms with Crippen LogP contribution in [0.2, 0.25) is 0 Å². The number of nitrogens with zero attached hydrogens (tertiary/aromatic N) is 1. The molecule has 0 aromatic heterocycles. The number of nitrogens with one attached hydrogen (secondary N) is 5. The Morgan fingerprint density at radius 3 is 2.10 bits per heavy atom. The second kappa shape index (κ2) is 24.0. The molecule has 4 amide bonds. The number of hydrogen-bond acceptors (Lipinski definition) is 11. The zero-order chi connectivity index (χ0) is 42.6. The molecule has 0 aliphatic carbocycles. The summed E-state index contributed by atoms with van der Waals surface area (Å²) < 4.78 is 16.9. The van der Waals surface area contributed by atoms with E-state index in [-0.39, 0.29) is 43.3 Å². The largest absolute Gasteiger partial charge is 0.497 e. The molecule has 13 N–H and O–H groups in total. The first-order valence-corrected chi connectivity index (χ1v) is 19.2. The van der Waals surface area contributed by atoms with Crippen molar-refractivity contribution in [3.63, 3.8) is 0 Å². The number of aliphatic imine (C=N–C) groups is 1. The summed E-state index contributed by atoms with van der Waals surface area (Å²) in [6.45, 7) is 6.24. The van der Waals surface area contributed by atoms with E-state index >= 15 is 0 Å². The number of nitrogens with two attached hydrogens (primary N) is 4. The molecule has 0 heterocycles. The molecule has 4 unspecified atom stereocenters. The first-order chi connectivity index (χ1) is 27.7. The van der Waals surface area contributed by atoms with Gasteiger partial charge in [-0.05, 0) is 81.5 Å². The highest BCUT2D eigenvalue weighted by Gasteiger charge is 2.29. The van der Waals surface area contributed by atoms with E-state index in [1.165, 1.54) is 14.2 Å². The minimum absolute atomic E-state index is 0.0980. The van der Waals surface area contributed by atoms with Crippen LogP contribution in [0, 0.1) is 12.8 Å². The van der Waals surface area contributed by atoms with Crippen LogP contribution in [0.4, 0.5) is 0 Å². The van der Waals surface area contributed by atoms with Gasteiger partial charge in [-0.25, -0.2) is 0 Å². The quantitative estimate of drug-likeness (QED) is 0.0267. The van der Waals surface area contributed by atoms with Crippen molar-refractivity contribution in [1.82, 2.24) is 26.6 Å². The predicted octanol–water partition coefficient (Wildman–Crippen LogP) is 1.16. The number of carbonyl (C=O) groups excluding carboxylic acids is 4. The normalized spacial score (nSPS) is 13.0. The first kappa shape index (κ1) is 46.5. The van der Waals surface area contributed by atoms with Crippen molar-refractivity contribution in [2.24, 2.45) is 33.8 Å². The first-order valence-electron chi connectivity index (χ1n) is 19.2. The van der Waals surface area contributed by atoms with Crippen LogP contribution in [0.15, 0.2) is 71.7 Å². The number of amides is 4. The number of rotatable bonds is 24. The van der Waals surface area contributed by atoms with Gasteiger partial charge in [0.2, 0.25) is 17.7 Å². The van der Waals surface area contributed by atoms with E-state index in [9.17, 15) is 19.2 Å². The van der Waals surface area contributed by atoms with Gasteiger partial charge < -0.3 is 58.4 Å². The van der Waals surface area contributed by atoms with Crippen LogP contribution in [0.3, 0.4) is 0 Å². The maximum Gasteiger partial charge on any atom is 0.258 e. The van der Waals surface area contributed by atoms with Crippen LogP contribution in [0.25, 0.3) is 0 Å². The molecule has 316 valence electrons. The van der Waals surface area contributed by atoms with E-state index in [1.54, 1.807) is 56.3 Å². The summed E-state index contributed by atoms with van der Waals surface area (Å²) in [5, 5.41) is 14.4. The fourth-order valence-corrected chi connectivity index (χ4v) is 5.80. The van der Waals surface area contributed by atoms with Gasteiger partial charge in [0.1, 0.15) is 35.6 Å². The molecule has 0 aliphatic heterocycles. The van der Waals surface area contributed by atoms with Gasteiger partial charge in [0.05, 0.1) is 20.3 Å². The van der Waals surface area contributed by atoms with Crippen LogP contribution in [-0.4, -0.2) is 81.9 Å². The van der Waals surface area contributed by atoms with E-state index in [4.69, 9.17) is 37.1 Å². The van der Waals surface area contributed by atoms with Crippen molar-refractivity contribution >= 4 is 29.6 Å². The Hall–Kier alpha value is -5.91. The lowest BCUT2D eigenvalue weighted by molar-refractivity contribution is -0.133. The van der Waals surface area contributed by atoms with Gasteiger partial charge in [-0.2, -0.15) is 0 Å². The lowest BCUT2D eigenvalue weighted by Gasteiger charge is -2.27. The summed E-state index contributed by atoms with van der Waals surface area (Å²) in [4.78, 5) is 57.1. The summed E-state index contributed by atoms with van der Waals surface area (Å²) >= 11 is 0. The average Bonchev–Trinajstić information content (AvgIpc) is 3.21. The van der Waals surface area contributed by atoms with Crippen molar-refractivity contribution in [3.8, 4) is 17.2 Å². The van der Waals surface area contributed by atoms with Crippen molar-refractivity contribution in [2.45, 2.75) is 77.4 Å². The average molecular weight is 805 g/mol. The van der Waals surface area contributed by atoms with Gasteiger partial charge in [-0.3, -0.25) is 29.5 Å². The third kappa shape index (κ3) is 15.9. The molecular weight excluding hydrogens is 745 g/mol. The van der Waals surface area contributed by atoms with Crippen molar-refractivity contribution in [1.29, 1.82) is 0 Å². The molecule has 58 heavy (non-hydrogen) atoms. The number of benzene rings is 3. The molecule has 3 aromatic carbocycles. The van der Waals surface area contributed by atoms with E-state index in [0.29, 0.717) is 60.7 Å². The molecule has 0 saturated carbocycles. The standard InChI is InChI=1S/C41H60N10O7/c1-25-10-12-28(13-11-25)23-48-35(52)24-58-30-16-14-29(15-17-30)36(32-19-18-31(56-4)22-34(32)57-5)51-39(55)33(9-7-21-47-41(44)45)50-38(54)27(3)49-37(53)26(2)8-6-20-46-40(42)43/h10-19,22,26-27,33,36,40,46H,6-9,20-21,23-24,42-43H2,1-5H3,(H,48,52)(H,49,53)(H,50,54)(H,51,55)(H4,44,45,47). The second-order valence-corrected chi connectivity index (χ2v) is 13.9. The van der Waals surface area contributed by atoms with Gasteiger partial charge in [-0.1, -0.05) is 48.9 Å². The predicted molar refractivity (Wildman–Crippen MR) is 223 cm³/mol. The van der Waals surface area contributed by atoms with Crippen molar-refractivity contribution in [2.75, 3.05) is 33.9 Å². The maximum atomic E-state index is 14.2. The van der Waals surface area contributed by atoms with E-state index in [0.717, 1.165) is 11.1 Å². The lowest BCUT2D eigenvalue weighted by atomic mass is 9.96. The molecule has 0 fully saturated rings. The van der Waals surface area contributed by atoms with Gasteiger partial charge in [0.15, 0.2) is 12.6 Å². The topological polar surface area (TPSA) is 273 Å². The molecule has 17 nitrogen and oxygen atoms in total. The Morgan fingerprint density at radius 2 is 1.47 bits per heavy atom. The Bertz CT molecular complexity index is 1800. The van der Waals surface area contributed by atoms with Gasteiger partial charge in [0.25, 0.3) is 5.91 Å². The number of guanidine groups is 1. The number of aryl methyl sites for hydroxylation is 1. The fourth-order valence-electron chi connectivity index (χ4n) is 5.80. The molecule has 3 aromatic rings. The molecule has 0 saturated heterocycles. The third-order valence-corrected chi connectivity index (χ3v) is 9.20. The number of ether oxygens (including phenoxy) is 3. The molecular formula is C41H60N10O7. The molecule has 0 aliphatic rings. The maximum absolute atomic E-state index is 14.2. The SMILES string of the molecule is COc1ccc(C(NC(=O)C(CCCN=C(N)N)NC(=O)C(C)NC(=O)C(C)CCCNC(N)N)c2ccc(OCC(=O)NCc3ccc(C)cc3)cc2)c(OC)c1. The number of carbonyl (C=O) groups is 4. The molecule has 4 atom stereocenters. The minimum Gasteiger partial charge on any atom is -0.497 e. The van der Waals surface area contributed by atoms with Crippen LogP contribution in [0.5, 0.6) is 17.2 Å². The molecule has 0 spiro atoms. The second-order valence-electron chi connectivity index (χ2n) is 13.9. The monoisotopic (exact) mass is 804 g/mol. The molecule has 0 bridgehead atoms. The summed E-state index contributed by atoms with van der Waals surface area (Å²) in [6, 6.07) is 17.2. The fraction of sp³-hybridized carbons (Fsp3) is 0.439. The Kier molecular flexibility index (Phi) is 19.2. The Labute approximate surface area is 340 Å². The summed E-state index contributed by atoms with van der Waals surface area (Å²) in [7, 11) is 3.04. The highest BCUT2D eigenvalue weighted by molar-refractivity contribution is 5.92. The minimum atomic E-state index is -1.04.